The van der Waals surface area contributed by atoms with Crippen LogP contribution in [0, 0.1) is 0 Å². The molecule has 1 unspecified atom stereocenters. The molecule has 0 aromatic heterocycles. The highest BCUT2D eigenvalue weighted by molar-refractivity contribution is 5.75. The minimum atomic E-state index is -0.00958. The van der Waals surface area contributed by atoms with Crippen molar-refractivity contribution in [3.05, 3.63) is 29.8 Å². The van der Waals surface area contributed by atoms with Gasteiger partial charge in [0.15, 0.2) is 0 Å². The summed E-state index contributed by atoms with van der Waals surface area (Å²) >= 11 is 0. The zero-order chi connectivity index (χ0) is 13.0. The molecule has 2 amide bonds. The smallest absolute Gasteiger partial charge is 0.318 e. The number of ether oxygens (including phenoxy) is 1. The molecule has 1 aromatic rings. The maximum atomic E-state index is 12.1. The van der Waals surface area contributed by atoms with E-state index in [0.29, 0.717) is 19.7 Å². The van der Waals surface area contributed by atoms with Crippen LogP contribution in [-0.4, -0.2) is 30.6 Å². The van der Waals surface area contributed by atoms with Gasteiger partial charge in [0.25, 0.3) is 0 Å². The maximum Gasteiger partial charge on any atom is 0.318 e. The summed E-state index contributed by atoms with van der Waals surface area (Å²) in [5, 5.41) is 2.92. The lowest BCUT2D eigenvalue weighted by atomic mass is 10.1. The van der Waals surface area contributed by atoms with E-state index in [0.717, 1.165) is 17.7 Å². The van der Waals surface area contributed by atoms with Crippen LogP contribution in [-0.2, 0) is 0 Å². The second-order valence-electron chi connectivity index (χ2n) is 4.49. The van der Waals surface area contributed by atoms with Gasteiger partial charge >= 0.3 is 6.03 Å². The van der Waals surface area contributed by atoms with Crippen LogP contribution in [0.15, 0.2) is 24.3 Å². The van der Waals surface area contributed by atoms with Crippen molar-refractivity contribution in [1.82, 2.24) is 10.2 Å². The van der Waals surface area contributed by atoms with Crippen LogP contribution in [0.5, 0.6) is 5.75 Å². The highest BCUT2D eigenvalue weighted by Gasteiger charge is 2.26. The molecule has 4 nitrogen and oxygen atoms in total. The number of nitrogens with zero attached hydrogens (tertiary/aromatic N) is 1. The van der Waals surface area contributed by atoms with Crippen LogP contribution in [0.3, 0.4) is 0 Å². The van der Waals surface area contributed by atoms with Crippen LogP contribution in [0.4, 0.5) is 4.79 Å². The molecule has 1 atom stereocenters. The Bertz CT molecular complexity index is 420. The van der Waals surface area contributed by atoms with Crippen molar-refractivity contribution in [3.8, 4) is 5.75 Å². The molecular formula is C14H20N2O2. The molecule has 0 radical (unpaired) electrons. The van der Waals surface area contributed by atoms with Crippen molar-refractivity contribution >= 4 is 6.03 Å². The maximum absolute atomic E-state index is 12.1. The Balaban J connectivity index is 2.17. The van der Waals surface area contributed by atoms with Gasteiger partial charge in [-0.15, -0.1) is 0 Å². The van der Waals surface area contributed by atoms with Gasteiger partial charge in [-0.1, -0.05) is 25.1 Å². The lowest BCUT2D eigenvalue weighted by molar-refractivity contribution is 0.173. The summed E-state index contributed by atoms with van der Waals surface area (Å²) in [5.41, 5.74) is 1.07. The predicted molar refractivity (Wildman–Crippen MR) is 70.7 cm³/mol. The van der Waals surface area contributed by atoms with Gasteiger partial charge < -0.3 is 15.0 Å². The number of carbonyl (C=O) groups is 1. The van der Waals surface area contributed by atoms with Crippen LogP contribution < -0.4 is 10.1 Å². The molecule has 1 aromatic carbocycles. The molecule has 4 heteroatoms. The van der Waals surface area contributed by atoms with Crippen molar-refractivity contribution < 1.29 is 9.53 Å². The first-order chi connectivity index (χ1) is 8.74. The zero-order valence-electron chi connectivity index (χ0n) is 11.0. The van der Waals surface area contributed by atoms with Gasteiger partial charge in [0.2, 0.25) is 0 Å². The third-order valence-electron chi connectivity index (χ3n) is 3.21. The summed E-state index contributed by atoms with van der Waals surface area (Å²) in [5.74, 6) is 0.885. The Morgan fingerprint density at radius 3 is 3.06 bits per heavy atom. The van der Waals surface area contributed by atoms with E-state index in [9.17, 15) is 4.79 Å². The molecule has 0 saturated heterocycles. The number of rotatable bonds is 2. The second kappa shape index (κ2) is 5.76. The number of fused-ring (bicyclic) bond motifs is 1. The predicted octanol–water partition coefficient (Wildman–Crippen LogP) is 2.56. The fourth-order valence-corrected chi connectivity index (χ4v) is 2.18. The van der Waals surface area contributed by atoms with E-state index in [1.54, 1.807) is 0 Å². The molecule has 1 heterocycles. The van der Waals surface area contributed by atoms with Gasteiger partial charge in [-0.05, 0) is 19.4 Å². The number of urea groups is 1. The van der Waals surface area contributed by atoms with Gasteiger partial charge in [-0.2, -0.15) is 0 Å². The zero-order valence-corrected chi connectivity index (χ0v) is 11.0. The Hall–Kier alpha value is -1.71. The summed E-state index contributed by atoms with van der Waals surface area (Å²) in [6.07, 6.45) is 0.945. The van der Waals surface area contributed by atoms with Crippen molar-refractivity contribution in [2.24, 2.45) is 0 Å². The number of amides is 2. The normalized spacial score (nSPS) is 18.6. The molecule has 1 N–H and O–H groups in total. The third kappa shape index (κ3) is 2.58. The first-order valence-corrected chi connectivity index (χ1v) is 6.50. The summed E-state index contributed by atoms with van der Waals surface area (Å²) in [6, 6.07) is 7.94. The minimum absolute atomic E-state index is 0.00958. The number of hydrogen-bond donors (Lipinski definition) is 1. The number of hydrogen-bond acceptors (Lipinski definition) is 2. The molecule has 0 bridgehead atoms. The number of nitrogens with one attached hydrogen (secondary N) is 1. The highest BCUT2D eigenvalue weighted by atomic mass is 16.5. The standard InChI is InChI=1S/C14H20N2O2/c1-3-8-15-14(17)16-9-10-18-13-7-5-4-6-12(13)11(16)2/h4-7,11H,3,8-10H2,1-2H3,(H,15,17). The molecule has 18 heavy (non-hydrogen) atoms. The molecule has 0 aliphatic carbocycles. The molecule has 0 spiro atoms. The SMILES string of the molecule is CCCNC(=O)N1CCOc2ccccc2C1C. The van der Waals surface area contributed by atoms with E-state index in [1.807, 2.05) is 43.0 Å². The summed E-state index contributed by atoms with van der Waals surface area (Å²) < 4.78 is 5.68. The van der Waals surface area contributed by atoms with Crippen LogP contribution in [0.1, 0.15) is 31.9 Å². The summed E-state index contributed by atoms with van der Waals surface area (Å²) in [6.45, 7) is 5.96. The van der Waals surface area contributed by atoms with Crippen LogP contribution in [0.25, 0.3) is 0 Å². The lowest BCUT2D eigenvalue weighted by Gasteiger charge is -2.27. The van der Waals surface area contributed by atoms with Crippen LogP contribution >= 0.6 is 0 Å². The fourth-order valence-electron chi connectivity index (χ4n) is 2.18. The van der Waals surface area contributed by atoms with E-state index < -0.39 is 0 Å². The number of carbonyl (C=O) groups excluding carboxylic acids is 1. The average molecular weight is 248 g/mol. The van der Waals surface area contributed by atoms with Gasteiger partial charge in [0, 0.05) is 12.1 Å². The van der Waals surface area contributed by atoms with E-state index in [1.165, 1.54) is 0 Å². The first-order valence-electron chi connectivity index (χ1n) is 6.50. The Morgan fingerprint density at radius 1 is 1.50 bits per heavy atom. The van der Waals surface area contributed by atoms with Crippen molar-refractivity contribution in [2.75, 3.05) is 19.7 Å². The first kappa shape index (κ1) is 12.7. The Morgan fingerprint density at radius 2 is 2.28 bits per heavy atom. The third-order valence-corrected chi connectivity index (χ3v) is 3.21. The van der Waals surface area contributed by atoms with Crippen LogP contribution in [0.2, 0.25) is 0 Å². The number of benzene rings is 1. The quantitative estimate of drug-likeness (QED) is 0.874. The molecule has 98 valence electrons. The van der Waals surface area contributed by atoms with Crippen molar-refractivity contribution in [2.45, 2.75) is 26.3 Å². The second-order valence-corrected chi connectivity index (χ2v) is 4.49. The fraction of sp³-hybridized carbons (Fsp3) is 0.500. The lowest BCUT2D eigenvalue weighted by Crippen LogP contribution is -2.42. The molecular weight excluding hydrogens is 228 g/mol. The minimum Gasteiger partial charge on any atom is -0.491 e. The molecule has 0 fully saturated rings. The van der Waals surface area contributed by atoms with Gasteiger partial charge in [0.1, 0.15) is 12.4 Å². The molecule has 1 aliphatic rings. The van der Waals surface area contributed by atoms with Crippen molar-refractivity contribution in [1.29, 1.82) is 0 Å². The highest BCUT2D eigenvalue weighted by Crippen LogP contribution is 2.31. The van der Waals surface area contributed by atoms with E-state index in [4.69, 9.17) is 4.74 Å². The summed E-state index contributed by atoms with van der Waals surface area (Å²) in [4.78, 5) is 13.9. The monoisotopic (exact) mass is 248 g/mol. The molecule has 0 saturated carbocycles. The van der Waals surface area contributed by atoms with E-state index in [-0.39, 0.29) is 12.1 Å². The van der Waals surface area contributed by atoms with E-state index in [2.05, 4.69) is 5.32 Å². The van der Waals surface area contributed by atoms with Gasteiger partial charge in [0.05, 0.1) is 12.6 Å². The Kier molecular flexibility index (Phi) is 4.07. The Labute approximate surface area is 108 Å². The van der Waals surface area contributed by atoms with Gasteiger partial charge in [-0.3, -0.25) is 0 Å². The average Bonchev–Trinajstić information content (AvgIpc) is 2.56. The van der Waals surface area contributed by atoms with Gasteiger partial charge in [-0.25, -0.2) is 4.79 Å². The molecule has 2 rings (SSSR count). The summed E-state index contributed by atoms with van der Waals surface area (Å²) in [7, 11) is 0. The molecule has 1 aliphatic heterocycles. The number of para-hydroxylation sites is 1. The van der Waals surface area contributed by atoms with E-state index >= 15 is 0 Å². The topological polar surface area (TPSA) is 41.6 Å². The largest absolute Gasteiger partial charge is 0.491 e. The van der Waals surface area contributed by atoms with Crippen molar-refractivity contribution in [3.63, 3.8) is 0 Å².